The molecule has 1 aliphatic heterocycles. The van der Waals surface area contributed by atoms with Crippen LogP contribution in [0, 0.1) is 5.92 Å². The molecule has 6 nitrogen and oxygen atoms in total. The molecule has 3 aromatic carbocycles. The van der Waals surface area contributed by atoms with Gasteiger partial charge in [0.25, 0.3) is 5.91 Å². The zero-order valence-electron chi connectivity index (χ0n) is 18.1. The van der Waals surface area contributed by atoms with Crippen molar-refractivity contribution in [2.45, 2.75) is 22.6 Å². The van der Waals surface area contributed by atoms with Crippen LogP contribution in [0.2, 0.25) is 0 Å². The van der Waals surface area contributed by atoms with Gasteiger partial charge in [0.15, 0.2) is 0 Å². The number of amides is 2. The van der Waals surface area contributed by atoms with E-state index in [0.717, 1.165) is 8.95 Å². The smallest absolute Gasteiger partial charge is 0.253 e. The fraction of sp³-hybridized carbons (Fsp3) is 0.200. The van der Waals surface area contributed by atoms with Gasteiger partial charge in [-0.2, -0.15) is 0 Å². The van der Waals surface area contributed by atoms with Crippen LogP contribution in [0.4, 0.5) is 5.69 Å². The maximum Gasteiger partial charge on any atom is 0.253 e. The minimum absolute atomic E-state index is 0.0334. The van der Waals surface area contributed by atoms with Crippen LogP contribution in [0.3, 0.4) is 0 Å². The Labute approximate surface area is 215 Å². The van der Waals surface area contributed by atoms with Gasteiger partial charge in [-0.1, -0.05) is 31.9 Å². The van der Waals surface area contributed by atoms with E-state index in [4.69, 9.17) is 0 Å². The third kappa shape index (κ3) is 5.59. The van der Waals surface area contributed by atoms with Gasteiger partial charge < -0.3 is 10.2 Å². The first kappa shape index (κ1) is 24.6. The topological polar surface area (TPSA) is 83.6 Å². The van der Waals surface area contributed by atoms with Crippen molar-refractivity contribution in [1.82, 2.24) is 4.90 Å². The zero-order valence-corrected chi connectivity index (χ0v) is 22.1. The van der Waals surface area contributed by atoms with Crippen LogP contribution in [0.5, 0.6) is 0 Å². The summed E-state index contributed by atoms with van der Waals surface area (Å²) < 4.78 is 27.3. The van der Waals surface area contributed by atoms with Gasteiger partial charge in [0, 0.05) is 39.2 Å². The Hall–Kier alpha value is -2.49. The summed E-state index contributed by atoms with van der Waals surface area (Å²) in [5.41, 5.74) is 1.16. The number of nitrogens with one attached hydrogen (secondary N) is 1. The molecule has 34 heavy (non-hydrogen) atoms. The van der Waals surface area contributed by atoms with Crippen molar-refractivity contribution in [2.75, 3.05) is 18.4 Å². The Kier molecular flexibility index (Phi) is 7.54. The SMILES string of the molecule is O=C(Nc1ccc(S(=O)(=O)c2ccc(Br)cc2)cc1)C1CCN(C(=O)c2ccc(Br)cc2)CC1. The van der Waals surface area contributed by atoms with Crippen molar-refractivity contribution in [1.29, 1.82) is 0 Å². The summed E-state index contributed by atoms with van der Waals surface area (Å²) in [6.45, 7) is 1.02. The Morgan fingerprint density at radius 3 is 1.76 bits per heavy atom. The molecule has 0 aliphatic carbocycles. The van der Waals surface area contributed by atoms with E-state index in [-0.39, 0.29) is 27.5 Å². The van der Waals surface area contributed by atoms with Crippen LogP contribution in [0.1, 0.15) is 23.2 Å². The number of benzene rings is 3. The van der Waals surface area contributed by atoms with E-state index in [2.05, 4.69) is 37.2 Å². The summed E-state index contributed by atoms with van der Waals surface area (Å²) in [5.74, 6) is -0.367. The summed E-state index contributed by atoms with van der Waals surface area (Å²) in [6.07, 6.45) is 1.15. The lowest BCUT2D eigenvalue weighted by Crippen LogP contribution is -2.41. The molecule has 4 rings (SSSR count). The van der Waals surface area contributed by atoms with E-state index in [1.54, 1.807) is 53.4 Å². The summed E-state index contributed by atoms with van der Waals surface area (Å²) >= 11 is 6.67. The predicted molar refractivity (Wildman–Crippen MR) is 137 cm³/mol. The lowest BCUT2D eigenvalue weighted by molar-refractivity contribution is -0.121. The monoisotopic (exact) mass is 604 g/mol. The molecule has 1 heterocycles. The van der Waals surface area contributed by atoms with Crippen LogP contribution >= 0.6 is 31.9 Å². The largest absolute Gasteiger partial charge is 0.339 e. The van der Waals surface area contributed by atoms with E-state index < -0.39 is 9.84 Å². The van der Waals surface area contributed by atoms with E-state index >= 15 is 0 Å². The van der Waals surface area contributed by atoms with E-state index in [0.29, 0.717) is 37.2 Å². The van der Waals surface area contributed by atoms with Crippen molar-refractivity contribution >= 4 is 59.2 Å². The number of hydrogen-bond donors (Lipinski definition) is 1. The number of rotatable bonds is 5. The third-order valence-electron chi connectivity index (χ3n) is 5.80. The van der Waals surface area contributed by atoms with Crippen LogP contribution in [-0.4, -0.2) is 38.2 Å². The van der Waals surface area contributed by atoms with E-state index in [1.165, 1.54) is 12.1 Å². The molecule has 0 spiro atoms. The van der Waals surface area contributed by atoms with Crippen molar-refractivity contribution in [3.05, 3.63) is 87.3 Å². The van der Waals surface area contributed by atoms with Gasteiger partial charge in [-0.3, -0.25) is 9.59 Å². The van der Waals surface area contributed by atoms with Gasteiger partial charge in [-0.15, -0.1) is 0 Å². The molecule has 0 radical (unpaired) electrons. The third-order valence-corrected chi connectivity index (χ3v) is 8.64. The van der Waals surface area contributed by atoms with Gasteiger partial charge in [-0.05, 0) is 85.6 Å². The maximum atomic E-state index is 12.8. The van der Waals surface area contributed by atoms with Gasteiger partial charge in [0.05, 0.1) is 9.79 Å². The molecule has 0 aromatic heterocycles. The minimum atomic E-state index is -3.63. The Bertz CT molecular complexity index is 1280. The molecule has 176 valence electrons. The summed E-state index contributed by atoms with van der Waals surface area (Å²) in [6, 6.07) is 19.9. The number of halogens is 2. The first-order valence-electron chi connectivity index (χ1n) is 10.7. The Balaban J connectivity index is 1.34. The van der Waals surface area contributed by atoms with Gasteiger partial charge in [-0.25, -0.2) is 8.42 Å². The maximum absolute atomic E-state index is 12.8. The van der Waals surface area contributed by atoms with Crippen LogP contribution < -0.4 is 5.32 Å². The molecule has 0 bridgehead atoms. The molecule has 0 unspecified atom stereocenters. The molecule has 1 saturated heterocycles. The van der Waals surface area contributed by atoms with Gasteiger partial charge >= 0.3 is 0 Å². The normalized spacial score (nSPS) is 14.6. The molecule has 1 aliphatic rings. The Morgan fingerprint density at radius 2 is 1.24 bits per heavy atom. The van der Waals surface area contributed by atoms with Gasteiger partial charge in [0.2, 0.25) is 15.7 Å². The molecular formula is C25H22Br2N2O4S. The number of likely N-dealkylation sites (tertiary alicyclic amines) is 1. The van der Waals surface area contributed by atoms with Crippen molar-refractivity contribution in [3.8, 4) is 0 Å². The number of nitrogens with zero attached hydrogens (tertiary/aromatic N) is 1. The standard InChI is InChI=1S/C25H22Br2N2O4S/c26-19-3-1-18(2-4-19)25(31)29-15-13-17(14-16-29)24(30)28-21-7-11-23(12-8-21)34(32,33)22-9-5-20(27)6-10-22/h1-12,17H,13-16H2,(H,28,30). The number of sulfone groups is 1. The van der Waals surface area contributed by atoms with E-state index in [9.17, 15) is 18.0 Å². The first-order chi connectivity index (χ1) is 16.2. The highest BCUT2D eigenvalue weighted by Gasteiger charge is 2.28. The first-order valence-corrected chi connectivity index (χ1v) is 13.8. The second-order valence-electron chi connectivity index (χ2n) is 8.04. The van der Waals surface area contributed by atoms with Crippen molar-refractivity contribution < 1.29 is 18.0 Å². The molecule has 0 atom stereocenters. The molecule has 3 aromatic rings. The highest BCUT2D eigenvalue weighted by molar-refractivity contribution is 9.10. The number of anilines is 1. The molecular weight excluding hydrogens is 584 g/mol. The van der Waals surface area contributed by atoms with Crippen LogP contribution in [0.15, 0.2) is 91.5 Å². The lowest BCUT2D eigenvalue weighted by Gasteiger charge is -2.31. The summed E-state index contributed by atoms with van der Waals surface area (Å²) in [5, 5.41) is 2.87. The molecule has 9 heteroatoms. The van der Waals surface area contributed by atoms with Gasteiger partial charge in [0.1, 0.15) is 0 Å². The molecule has 1 fully saturated rings. The molecule has 0 saturated carbocycles. The minimum Gasteiger partial charge on any atom is -0.339 e. The van der Waals surface area contributed by atoms with Crippen molar-refractivity contribution in [2.24, 2.45) is 5.92 Å². The number of carbonyl (C=O) groups is 2. The summed E-state index contributed by atoms with van der Waals surface area (Å²) in [7, 11) is -3.63. The second kappa shape index (κ2) is 10.4. The van der Waals surface area contributed by atoms with Crippen molar-refractivity contribution in [3.63, 3.8) is 0 Å². The average molecular weight is 606 g/mol. The van der Waals surface area contributed by atoms with Crippen LogP contribution in [0.25, 0.3) is 0 Å². The Morgan fingerprint density at radius 1 is 0.765 bits per heavy atom. The highest BCUT2D eigenvalue weighted by Crippen LogP contribution is 2.25. The zero-order chi connectivity index (χ0) is 24.3. The van der Waals surface area contributed by atoms with E-state index in [1.807, 2.05) is 12.1 Å². The number of hydrogen-bond acceptors (Lipinski definition) is 4. The lowest BCUT2D eigenvalue weighted by atomic mass is 9.95. The quantitative estimate of drug-likeness (QED) is 0.414. The molecule has 1 N–H and O–H groups in total. The summed E-state index contributed by atoms with van der Waals surface area (Å²) in [4.78, 5) is 27.6. The fourth-order valence-corrected chi connectivity index (χ4v) is 5.62. The predicted octanol–water partition coefficient (Wildman–Crippen LogP) is 5.54. The average Bonchev–Trinajstić information content (AvgIpc) is 2.85. The fourth-order valence-electron chi connectivity index (χ4n) is 3.83. The number of piperidine rings is 1. The second-order valence-corrected chi connectivity index (χ2v) is 11.8. The van der Waals surface area contributed by atoms with Crippen LogP contribution in [-0.2, 0) is 14.6 Å². The number of carbonyl (C=O) groups excluding carboxylic acids is 2. The highest BCUT2D eigenvalue weighted by atomic mass is 79.9. The molecule has 2 amide bonds.